The van der Waals surface area contributed by atoms with Gasteiger partial charge >= 0.3 is 0 Å². The maximum Gasteiger partial charge on any atom is 0.278 e. The van der Waals surface area contributed by atoms with E-state index in [1.165, 1.54) is 12.8 Å². The normalized spacial score (nSPS) is 21.7. The summed E-state index contributed by atoms with van der Waals surface area (Å²) in [7, 11) is 0. The molecule has 0 bridgehead atoms. The van der Waals surface area contributed by atoms with Crippen LogP contribution >= 0.6 is 0 Å². The van der Waals surface area contributed by atoms with Crippen molar-refractivity contribution in [2.75, 3.05) is 24.7 Å². The maximum atomic E-state index is 13.3. The summed E-state index contributed by atoms with van der Waals surface area (Å²) < 4.78 is 0. The average Bonchev–Trinajstić information content (AvgIpc) is 2.87. The van der Waals surface area contributed by atoms with Crippen LogP contribution in [0.1, 0.15) is 36.5 Å². The lowest BCUT2D eigenvalue weighted by atomic mass is 10.0. The van der Waals surface area contributed by atoms with Crippen LogP contribution in [0.3, 0.4) is 0 Å². The molecule has 0 aromatic heterocycles. The first-order valence-corrected chi connectivity index (χ1v) is 9.82. The fraction of sp³-hybridized carbons (Fsp3) is 0.391. The Bertz CT molecular complexity index is 882. The number of hydrogen-bond acceptors (Lipinski definition) is 3. The van der Waals surface area contributed by atoms with Gasteiger partial charge in [-0.1, -0.05) is 31.2 Å². The molecular weight excluding hydrogens is 334 g/mol. The molecule has 2 heterocycles. The summed E-state index contributed by atoms with van der Waals surface area (Å²) in [5.41, 5.74) is 5.63. The second-order valence-electron chi connectivity index (χ2n) is 8.02. The Kier molecular flexibility index (Phi) is 4.83. The Balaban J connectivity index is 1.68. The van der Waals surface area contributed by atoms with Crippen LogP contribution in [-0.4, -0.2) is 36.3 Å². The third-order valence-corrected chi connectivity index (χ3v) is 5.43. The first kappa shape index (κ1) is 17.9. The largest absolute Gasteiger partial charge is 0.293 e. The van der Waals surface area contributed by atoms with Crippen molar-refractivity contribution in [3.8, 4) is 0 Å². The summed E-state index contributed by atoms with van der Waals surface area (Å²) in [5.74, 6) is 0.698. The Morgan fingerprint density at radius 2 is 1.85 bits per heavy atom. The third kappa shape index (κ3) is 3.67. The van der Waals surface area contributed by atoms with Crippen molar-refractivity contribution < 1.29 is 4.79 Å². The van der Waals surface area contributed by atoms with Crippen LogP contribution in [0.4, 0.5) is 11.4 Å². The number of amides is 1. The number of rotatable bonds is 3. The minimum absolute atomic E-state index is 0.00795. The number of carbonyl (C=O) groups excluding carboxylic acids is 1. The summed E-state index contributed by atoms with van der Waals surface area (Å²) in [6.07, 6.45) is 2.48. The lowest BCUT2D eigenvalue weighted by Gasteiger charge is -2.33. The van der Waals surface area contributed by atoms with Crippen molar-refractivity contribution >= 4 is 23.0 Å². The van der Waals surface area contributed by atoms with Crippen molar-refractivity contribution in [1.29, 1.82) is 0 Å². The van der Waals surface area contributed by atoms with Gasteiger partial charge in [0.1, 0.15) is 5.71 Å². The summed E-state index contributed by atoms with van der Waals surface area (Å²) in [4.78, 5) is 22.3. The summed E-state index contributed by atoms with van der Waals surface area (Å²) >= 11 is 0. The Labute approximate surface area is 161 Å². The minimum Gasteiger partial charge on any atom is -0.293 e. The summed E-state index contributed by atoms with van der Waals surface area (Å²) in [6, 6.07) is 14.2. The number of hydrogen-bond donors (Lipinski definition) is 0. The van der Waals surface area contributed by atoms with E-state index in [2.05, 4.69) is 31.7 Å². The fourth-order valence-corrected chi connectivity index (χ4v) is 4.27. The summed E-state index contributed by atoms with van der Waals surface area (Å²) in [6.45, 7) is 9.16. The van der Waals surface area contributed by atoms with Gasteiger partial charge in [-0.05, 0) is 68.5 Å². The predicted molar refractivity (Wildman–Crippen MR) is 111 cm³/mol. The zero-order chi connectivity index (χ0) is 19.0. The Morgan fingerprint density at radius 1 is 1.11 bits per heavy atom. The molecule has 0 saturated carbocycles. The highest BCUT2D eigenvalue weighted by Gasteiger charge is 2.35. The molecule has 0 spiro atoms. The molecule has 1 amide bonds. The lowest BCUT2D eigenvalue weighted by molar-refractivity contribution is -0.112. The van der Waals surface area contributed by atoms with Gasteiger partial charge in [0.15, 0.2) is 0 Å². The summed E-state index contributed by atoms with van der Waals surface area (Å²) in [5, 5.41) is 0. The molecule has 1 atom stereocenters. The second-order valence-corrected chi connectivity index (χ2v) is 8.02. The number of para-hydroxylation sites is 1. The molecular formula is C23H27N3O. The fourth-order valence-electron chi connectivity index (χ4n) is 4.27. The molecule has 27 heavy (non-hydrogen) atoms. The lowest BCUT2D eigenvalue weighted by Crippen LogP contribution is -2.45. The second kappa shape index (κ2) is 7.28. The van der Waals surface area contributed by atoms with Crippen molar-refractivity contribution in [3.63, 3.8) is 0 Å². The van der Waals surface area contributed by atoms with Crippen LogP contribution in [0, 0.1) is 19.8 Å². The van der Waals surface area contributed by atoms with E-state index in [0.717, 1.165) is 41.2 Å². The number of aryl methyl sites for hydroxylation is 2. The number of piperidine rings is 1. The van der Waals surface area contributed by atoms with Gasteiger partial charge in [-0.15, -0.1) is 0 Å². The average molecular weight is 361 g/mol. The molecule has 4 rings (SSSR count). The molecule has 4 heteroatoms. The van der Waals surface area contributed by atoms with Gasteiger partial charge in [0.2, 0.25) is 0 Å². The van der Waals surface area contributed by atoms with Gasteiger partial charge in [0.25, 0.3) is 5.91 Å². The minimum atomic E-state index is 0.00795. The van der Waals surface area contributed by atoms with E-state index in [0.29, 0.717) is 18.3 Å². The smallest absolute Gasteiger partial charge is 0.278 e. The number of benzene rings is 2. The molecule has 2 aliphatic heterocycles. The van der Waals surface area contributed by atoms with Crippen molar-refractivity contribution in [2.24, 2.45) is 10.9 Å². The molecule has 140 valence electrons. The van der Waals surface area contributed by atoms with Crippen LogP contribution in [-0.2, 0) is 4.79 Å². The van der Waals surface area contributed by atoms with E-state index < -0.39 is 0 Å². The molecule has 1 saturated heterocycles. The van der Waals surface area contributed by atoms with Gasteiger partial charge in [-0.3, -0.25) is 14.6 Å². The van der Waals surface area contributed by atoms with E-state index in [-0.39, 0.29) is 5.91 Å². The Hall–Kier alpha value is -2.46. The topological polar surface area (TPSA) is 35.9 Å². The number of anilines is 1. The van der Waals surface area contributed by atoms with Crippen LogP contribution in [0.2, 0.25) is 0 Å². The van der Waals surface area contributed by atoms with Gasteiger partial charge in [0, 0.05) is 12.1 Å². The maximum absolute atomic E-state index is 13.3. The molecule has 4 nitrogen and oxygen atoms in total. The van der Waals surface area contributed by atoms with Crippen molar-refractivity contribution in [3.05, 3.63) is 59.2 Å². The molecule has 1 fully saturated rings. The molecule has 0 unspecified atom stereocenters. The first-order chi connectivity index (χ1) is 13.0. The molecule has 2 aromatic carbocycles. The van der Waals surface area contributed by atoms with Crippen LogP contribution in [0.15, 0.2) is 47.5 Å². The highest BCUT2D eigenvalue weighted by molar-refractivity contribution is 6.54. The molecule has 2 aromatic rings. The van der Waals surface area contributed by atoms with Gasteiger partial charge in [0.05, 0.1) is 18.0 Å². The van der Waals surface area contributed by atoms with Gasteiger partial charge in [-0.25, -0.2) is 4.99 Å². The Morgan fingerprint density at radius 3 is 2.59 bits per heavy atom. The van der Waals surface area contributed by atoms with Gasteiger partial charge in [-0.2, -0.15) is 0 Å². The van der Waals surface area contributed by atoms with E-state index in [1.807, 2.05) is 41.3 Å². The van der Waals surface area contributed by atoms with Crippen molar-refractivity contribution in [1.82, 2.24) is 4.90 Å². The number of likely N-dealkylation sites (tertiary alicyclic amines) is 1. The van der Waals surface area contributed by atoms with E-state index in [1.54, 1.807) is 0 Å². The number of fused-ring (bicyclic) bond motifs is 1. The SMILES string of the molecule is Cc1cc(C)cc(N=C2C(=O)N(CN3CCC[C@H](C)C3)c3ccccc32)c1. The third-order valence-electron chi connectivity index (χ3n) is 5.43. The van der Waals surface area contributed by atoms with Crippen LogP contribution in [0.25, 0.3) is 0 Å². The van der Waals surface area contributed by atoms with E-state index in [9.17, 15) is 4.79 Å². The standard InChI is InChI=1S/C23H27N3O/c1-16-7-6-10-25(14-16)15-26-21-9-5-4-8-20(21)22(23(26)27)24-19-12-17(2)11-18(3)13-19/h4-5,8-9,11-13,16H,6-7,10,14-15H2,1-3H3/t16-/m0/s1. The highest BCUT2D eigenvalue weighted by Crippen LogP contribution is 2.32. The molecule has 2 aliphatic rings. The quantitative estimate of drug-likeness (QED) is 0.809. The number of nitrogens with zero attached hydrogens (tertiary/aromatic N) is 3. The molecule has 0 radical (unpaired) electrons. The zero-order valence-electron chi connectivity index (χ0n) is 16.4. The number of aliphatic imine (C=N–C) groups is 1. The van der Waals surface area contributed by atoms with Crippen LogP contribution in [0.5, 0.6) is 0 Å². The van der Waals surface area contributed by atoms with Crippen LogP contribution < -0.4 is 4.90 Å². The first-order valence-electron chi connectivity index (χ1n) is 9.82. The zero-order valence-corrected chi connectivity index (χ0v) is 16.4. The van der Waals surface area contributed by atoms with E-state index in [4.69, 9.17) is 4.99 Å². The number of carbonyl (C=O) groups is 1. The predicted octanol–water partition coefficient (Wildman–Crippen LogP) is 4.46. The van der Waals surface area contributed by atoms with E-state index >= 15 is 0 Å². The molecule has 0 aliphatic carbocycles. The van der Waals surface area contributed by atoms with Crippen molar-refractivity contribution in [2.45, 2.75) is 33.6 Å². The van der Waals surface area contributed by atoms with Gasteiger partial charge < -0.3 is 0 Å². The monoisotopic (exact) mass is 361 g/mol. The highest BCUT2D eigenvalue weighted by atomic mass is 16.2. The molecule has 0 N–H and O–H groups in total.